The molecule has 0 aliphatic rings. The number of methoxy groups -OCH3 is 1. The van der Waals surface area contributed by atoms with Crippen LogP contribution < -0.4 is 16.0 Å². The van der Waals surface area contributed by atoms with Gasteiger partial charge in [0, 0.05) is 31.3 Å². The number of hydrogen-bond donors (Lipinski definition) is 2. The summed E-state index contributed by atoms with van der Waals surface area (Å²) in [4.78, 5) is 8.46. The third-order valence-corrected chi connectivity index (χ3v) is 3.15. The van der Waals surface area contributed by atoms with Crippen molar-refractivity contribution in [1.29, 1.82) is 0 Å². The van der Waals surface area contributed by atoms with Gasteiger partial charge in [0.2, 0.25) is 5.88 Å². The summed E-state index contributed by atoms with van der Waals surface area (Å²) in [5.41, 5.74) is 3.92. The summed E-state index contributed by atoms with van der Waals surface area (Å²) in [6.45, 7) is 2.84. The zero-order valence-electron chi connectivity index (χ0n) is 11.8. The molecule has 0 aromatic carbocycles. The highest BCUT2D eigenvalue weighted by Crippen LogP contribution is 2.10. The minimum absolute atomic E-state index is 0.0831. The van der Waals surface area contributed by atoms with Crippen molar-refractivity contribution in [3.8, 4) is 5.88 Å². The molecule has 2 aromatic heterocycles. The van der Waals surface area contributed by atoms with E-state index in [0.717, 1.165) is 30.8 Å². The van der Waals surface area contributed by atoms with Crippen molar-refractivity contribution < 1.29 is 4.74 Å². The Balaban J connectivity index is 2.01. The topological polar surface area (TPSA) is 90.9 Å². The number of ether oxygens (including phenoxy) is 1. The first-order chi connectivity index (χ1) is 9.76. The second-order valence-corrected chi connectivity index (χ2v) is 4.47. The molecule has 0 fully saturated rings. The molecular weight excluding hydrogens is 256 g/mol. The molecule has 2 aromatic rings. The van der Waals surface area contributed by atoms with Gasteiger partial charge in [-0.25, -0.2) is 9.97 Å². The van der Waals surface area contributed by atoms with Crippen molar-refractivity contribution in [1.82, 2.24) is 25.2 Å². The Labute approximate surface area is 118 Å². The van der Waals surface area contributed by atoms with Crippen LogP contribution >= 0.6 is 0 Å². The maximum absolute atomic E-state index is 5.63. The van der Waals surface area contributed by atoms with Crippen molar-refractivity contribution in [2.24, 2.45) is 5.84 Å². The van der Waals surface area contributed by atoms with E-state index in [1.807, 2.05) is 23.7 Å². The largest absolute Gasteiger partial charge is 0.481 e. The van der Waals surface area contributed by atoms with Crippen LogP contribution in [0.5, 0.6) is 5.88 Å². The molecule has 0 spiro atoms. The lowest BCUT2D eigenvalue weighted by Gasteiger charge is -2.15. The molecule has 7 heteroatoms. The van der Waals surface area contributed by atoms with Crippen molar-refractivity contribution in [2.45, 2.75) is 32.4 Å². The number of pyridine rings is 1. The van der Waals surface area contributed by atoms with Crippen LogP contribution in [0.1, 0.15) is 18.3 Å². The Kier molecular flexibility index (Phi) is 5.03. The number of nitrogens with two attached hydrogens (primary N) is 1. The predicted octanol–water partition coefficient (Wildman–Crippen LogP) is 0.319. The normalized spacial score (nSPS) is 12.3. The highest BCUT2D eigenvalue weighted by molar-refractivity contribution is 5.18. The summed E-state index contributed by atoms with van der Waals surface area (Å²) in [5.74, 6) is 7.17. The van der Waals surface area contributed by atoms with Gasteiger partial charge in [0.25, 0.3) is 0 Å². The molecule has 0 radical (unpaired) electrons. The Hall–Kier alpha value is -1.99. The number of hydrogen-bond acceptors (Lipinski definition) is 6. The summed E-state index contributed by atoms with van der Waals surface area (Å²) in [7, 11) is 1.60. The van der Waals surface area contributed by atoms with Gasteiger partial charge in [0.05, 0.1) is 7.11 Å². The van der Waals surface area contributed by atoms with Crippen LogP contribution in [-0.2, 0) is 19.4 Å². The summed E-state index contributed by atoms with van der Waals surface area (Å²) >= 11 is 0. The lowest BCUT2D eigenvalue weighted by atomic mass is 10.1. The monoisotopic (exact) mass is 276 g/mol. The first-order valence-electron chi connectivity index (χ1n) is 6.58. The highest BCUT2D eigenvalue weighted by Gasteiger charge is 2.13. The maximum Gasteiger partial charge on any atom is 0.212 e. The van der Waals surface area contributed by atoms with Crippen LogP contribution in [0.25, 0.3) is 0 Å². The van der Waals surface area contributed by atoms with Crippen LogP contribution in [0.4, 0.5) is 0 Å². The average molecular weight is 276 g/mol. The van der Waals surface area contributed by atoms with E-state index in [9.17, 15) is 0 Å². The quantitative estimate of drug-likeness (QED) is 0.559. The fourth-order valence-electron chi connectivity index (χ4n) is 2.06. The number of hydrazine groups is 1. The summed E-state index contributed by atoms with van der Waals surface area (Å²) in [5, 5.41) is 4.16. The minimum atomic E-state index is 0.0831. The summed E-state index contributed by atoms with van der Waals surface area (Å²) in [6.07, 6.45) is 4.86. The smallest absolute Gasteiger partial charge is 0.212 e. The van der Waals surface area contributed by atoms with Crippen molar-refractivity contribution in [2.75, 3.05) is 7.11 Å². The second-order valence-electron chi connectivity index (χ2n) is 4.47. The van der Waals surface area contributed by atoms with E-state index in [4.69, 9.17) is 10.6 Å². The molecular formula is C13H20N6O. The molecule has 0 bridgehead atoms. The van der Waals surface area contributed by atoms with Gasteiger partial charge < -0.3 is 4.74 Å². The standard InChI is InChI=1S/C13H20N6O/c1-3-19-12(16-9-17-19)7-11(18-14)6-10-4-5-13(20-2)15-8-10/h4-5,8-9,11,18H,3,6-7,14H2,1-2H3. The van der Waals surface area contributed by atoms with Crippen LogP contribution in [0.3, 0.4) is 0 Å². The molecule has 0 aliphatic heterocycles. The van der Waals surface area contributed by atoms with E-state index in [1.54, 1.807) is 19.6 Å². The van der Waals surface area contributed by atoms with Crippen molar-refractivity contribution in [3.63, 3.8) is 0 Å². The van der Waals surface area contributed by atoms with Crippen LogP contribution in [-0.4, -0.2) is 32.9 Å². The van der Waals surface area contributed by atoms with Gasteiger partial charge in [-0.1, -0.05) is 6.07 Å². The average Bonchev–Trinajstić information content (AvgIpc) is 2.94. The van der Waals surface area contributed by atoms with Gasteiger partial charge in [-0.2, -0.15) is 5.10 Å². The molecule has 3 N–H and O–H groups in total. The molecule has 0 saturated heterocycles. The molecule has 20 heavy (non-hydrogen) atoms. The predicted molar refractivity (Wildman–Crippen MR) is 75.0 cm³/mol. The third-order valence-electron chi connectivity index (χ3n) is 3.15. The van der Waals surface area contributed by atoms with Gasteiger partial charge in [0.1, 0.15) is 12.2 Å². The zero-order valence-corrected chi connectivity index (χ0v) is 11.8. The molecule has 0 amide bonds. The lowest BCUT2D eigenvalue weighted by molar-refractivity contribution is 0.397. The molecule has 7 nitrogen and oxygen atoms in total. The molecule has 0 aliphatic carbocycles. The fraction of sp³-hybridized carbons (Fsp3) is 0.462. The van der Waals surface area contributed by atoms with Crippen LogP contribution in [0, 0.1) is 0 Å². The van der Waals surface area contributed by atoms with Gasteiger partial charge in [-0.3, -0.25) is 16.0 Å². The van der Waals surface area contributed by atoms with Crippen LogP contribution in [0.2, 0.25) is 0 Å². The number of nitrogens with one attached hydrogen (secondary N) is 1. The molecule has 2 rings (SSSR count). The van der Waals surface area contributed by atoms with E-state index >= 15 is 0 Å². The Morgan fingerprint density at radius 1 is 1.35 bits per heavy atom. The Morgan fingerprint density at radius 3 is 2.80 bits per heavy atom. The summed E-state index contributed by atoms with van der Waals surface area (Å²) in [6, 6.07) is 3.91. The van der Waals surface area contributed by atoms with Gasteiger partial charge in [0.15, 0.2) is 0 Å². The van der Waals surface area contributed by atoms with Gasteiger partial charge in [-0.15, -0.1) is 0 Å². The molecule has 108 valence electrons. The van der Waals surface area contributed by atoms with E-state index in [0.29, 0.717) is 5.88 Å². The second kappa shape index (κ2) is 6.97. The van der Waals surface area contributed by atoms with E-state index in [2.05, 4.69) is 20.5 Å². The molecule has 1 atom stereocenters. The van der Waals surface area contributed by atoms with E-state index < -0.39 is 0 Å². The lowest BCUT2D eigenvalue weighted by Crippen LogP contribution is -2.39. The van der Waals surface area contributed by atoms with Crippen molar-refractivity contribution in [3.05, 3.63) is 36.0 Å². The maximum atomic E-state index is 5.63. The zero-order chi connectivity index (χ0) is 14.4. The number of nitrogens with zero attached hydrogens (tertiary/aromatic N) is 4. The Bertz CT molecular complexity index is 524. The van der Waals surface area contributed by atoms with Gasteiger partial charge in [-0.05, 0) is 18.9 Å². The number of aromatic nitrogens is 4. The first-order valence-corrected chi connectivity index (χ1v) is 6.58. The van der Waals surface area contributed by atoms with Crippen molar-refractivity contribution >= 4 is 0 Å². The van der Waals surface area contributed by atoms with E-state index in [1.165, 1.54) is 0 Å². The fourth-order valence-corrected chi connectivity index (χ4v) is 2.06. The molecule has 1 unspecified atom stereocenters. The molecule has 0 saturated carbocycles. The Morgan fingerprint density at radius 2 is 2.20 bits per heavy atom. The molecule has 2 heterocycles. The number of rotatable bonds is 7. The van der Waals surface area contributed by atoms with Crippen LogP contribution in [0.15, 0.2) is 24.7 Å². The van der Waals surface area contributed by atoms with E-state index in [-0.39, 0.29) is 6.04 Å². The van der Waals surface area contributed by atoms with Gasteiger partial charge >= 0.3 is 0 Å². The minimum Gasteiger partial charge on any atom is -0.481 e. The highest BCUT2D eigenvalue weighted by atomic mass is 16.5. The first kappa shape index (κ1) is 14.4. The summed E-state index contributed by atoms with van der Waals surface area (Å²) < 4.78 is 6.91. The third kappa shape index (κ3) is 3.52. The SMILES string of the molecule is CCn1ncnc1CC(Cc1ccc(OC)nc1)NN. The number of aryl methyl sites for hydroxylation is 1.